The molecule has 2 saturated heterocycles. The van der Waals surface area contributed by atoms with Crippen LogP contribution in [0.25, 0.3) is 0 Å². The number of carbonyl (C=O) groups excluding carboxylic acids is 1. The largest absolute Gasteiger partial charge is 0.342 e. The Bertz CT molecular complexity index is 266. The third-order valence-electron chi connectivity index (χ3n) is 4.61. The molecule has 4 heteroatoms. The van der Waals surface area contributed by atoms with E-state index >= 15 is 0 Å². The minimum atomic E-state index is 0. The van der Waals surface area contributed by atoms with Gasteiger partial charge in [-0.25, -0.2) is 0 Å². The van der Waals surface area contributed by atoms with Gasteiger partial charge in [-0.3, -0.25) is 4.79 Å². The summed E-state index contributed by atoms with van der Waals surface area (Å²) < 4.78 is 0. The number of fused-ring (bicyclic) bond motifs is 1. The first-order valence-corrected chi connectivity index (χ1v) is 6.33. The molecule has 2 atom stereocenters. The monoisotopic (exact) mass is 244 g/mol. The smallest absolute Gasteiger partial charge is 0.230 e. The summed E-state index contributed by atoms with van der Waals surface area (Å²) in [6.07, 6.45) is 6.05. The maximum atomic E-state index is 12.5. The van der Waals surface area contributed by atoms with E-state index in [1.54, 1.807) is 0 Å². The van der Waals surface area contributed by atoms with Crippen LogP contribution >= 0.6 is 12.4 Å². The average Bonchev–Trinajstić information content (AvgIpc) is 2.93. The van der Waals surface area contributed by atoms with Gasteiger partial charge in [0.2, 0.25) is 5.91 Å². The topological polar surface area (TPSA) is 32.3 Å². The van der Waals surface area contributed by atoms with Gasteiger partial charge in [-0.2, -0.15) is 0 Å². The van der Waals surface area contributed by atoms with E-state index in [1.165, 1.54) is 25.7 Å². The van der Waals surface area contributed by atoms with Crippen LogP contribution in [0.2, 0.25) is 0 Å². The highest BCUT2D eigenvalue weighted by Gasteiger charge is 2.53. The van der Waals surface area contributed by atoms with Gasteiger partial charge in [0.15, 0.2) is 0 Å². The average molecular weight is 245 g/mol. The lowest BCUT2D eigenvalue weighted by molar-refractivity contribution is -0.141. The van der Waals surface area contributed by atoms with Crippen molar-refractivity contribution in [2.75, 3.05) is 26.2 Å². The normalized spacial score (nSPS) is 37.2. The molecule has 1 amide bonds. The van der Waals surface area contributed by atoms with E-state index in [0.717, 1.165) is 32.6 Å². The van der Waals surface area contributed by atoms with E-state index < -0.39 is 0 Å². The summed E-state index contributed by atoms with van der Waals surface area (Å²) in [6, 6.07) is 0. The SMILES string of the molecule is Cl.O=C(N1CCCC1)[C@@]12CCC[C@@H]1CNC2. The fourth-order valence-corrected chi connectivity index (χ4v) is 3.74. The number of rotatable bonds is 1. The Labute approximate surface area is 103 Å². The Morgan fingerprint density at radius 1 is 1.25 bits per heavy atom. The zero-order valence-electron chi connectivity index (χ0n) is 9.71. The van der Waals surface area contributed by atoms with Crippen LogP contribution in [0.1, 0.15) is 32.1 Å². The molecule has 1 N–H and O–H groups in total. The fraction of sp³-hybridized carbons (Fsp3) is 0.917. The number of nitrogens with one attached hydrogen (secondary N) is 1. The maximum Gasteiger partial charge on any atom is 0.230 e. The lowest BCUT2D eigenvalue weighted by Gasteiger charge is -2.31. The van der Waals surface area contributed by atoms with Gasteiger partial charge >= 0.3 is 0 Å². The van der Waals surface area contributed by atoms with Crippen molar-refractivity contribution in [1.82, 2.24) is 10.2 Å². The van der Waals surface area contributed by atoms with Gasteiger partial charge in [-0.15, -0.1) is 12.4 Å². The van der Waals surface area contributed by atoms with Crippen molar-refractivity contribution in [2.24, 2.45) is 11.3 Å². The molecule has 16 heavy (non-hydrogen) atoms. The molecule has 3 rings (SSSR count). The number of amides is 1. The van der Waals surface area contributed by atoms with E-state index in [1.807, 2.05) is 0 Å². The molecule has 92 valence electrons. The summed E-state index contributed by atoms with van der Waals surface area (Å²) in [5.74, 6) is 1.10. The number of halogens is 1. The van der Waals surface area contributed by atoms with Crippen LogP contribution in [0.3, 0.4) is 0 Å². The zero-order chi connectivity index (χ0) is 10.3. The van der Waals surface area contributed by atoms with Crippen LogP contribution in [0.5, 0.6) is 0 Å². The first-order chi connectivity index (χ1) is 7.33. The van der Waals surface area contributed by atoms with Crippen LogP contribution < -0.4 is 5.32 Å². The highest BCUT2D eigenvalue weighted by Crippen LogP contribution is 2.47. The van der Waals surface area contributed by atoms with Crippen molar-refractivity contribution >= 4 is 18.3 Å². The van der Waals surface area contributed by atoms with Gasteiger partial charge in [0, 0.05) is 19.6 Å². The predicted molar refractivity (Wildman–Crippen MR) is 65.7 cm³/mol. The van der Waals surface area contributed by atoms with E-state index in [-0.39, 0.29) is 17.8 Å². The van der Waals surface area contributed by atoms with Crippen molar-refractivity contribution in [3.63, 3.8) is 0 Å². The molecular formula is C12H21ClN2O. The lowest BCUT2D eigenvalue weighted by Crippen LogP contribution is -2.45. The Morgan fingerprint density at radius 2 is 2.00 bits per heavy atom. The molecular weight excluding hydrogens is 224 g/mol. The third kappa shape index (κ3) is 1.65. The zero-order valence-corrected chi connectivity index (χ0v) is 10.5. The minimum absolute atomic E-state index is 0. The molecule has 3 aliphatic rings. The number of carbonyl (C=O) groups is 1. The standard InChI is InChI=1S/C12H20N2O.ClH/c15-11(14-6-1-2-7-14)12-5-3-4-10(12)8-13-9-12;/h10,13H,1-9H2;1H/t10-,12-;/m1./s1. The summed E-state index contributed by atoms with van der Waals surface area (Å²) in [4.78, 5) is 14.7. The highest BCUT2D eigenvalue weighted by molar-refractivity contribution is 5.85. The Morgan fingerprint density at radius 3 is 2.75 bits per heavy atom. The molecule has 2 aliphatic heterocycles. The summed E-state index contributed by atoms with van der Waals surface area (Å²) in [5.41, 5.74) is 0.00431. The number of nitrogens with zero attached hydrogens (tertiary/aromatic N) is 1. The van der Waals surface area contributed by atoms with Crippen molar-refractivity contribution in [3.8, 4) is 0 Å². The van der Waals surface area contributed by atoms with Gasteiger partial charge in [0.25, 0.3) is 0 Å². The van der Waals surface area contributed by atoms with E-state index in [2.05, 4.69) is 10.2 Å². The highest BCUT2D eigenvalue weighted by atomic mass is 35.5. The Hall–Kier alpha value is -0.280. The van der Waals surface area contributed by atoms with Crippen molar-refractivity contribution < 1.29 is 4.79 Å². The summed E-state index contributed by atoms with van der Waals surface area (Å²) in [5, 5.41) is 3.42. The quantitative estimate of drug-likeness (QED) is 0.757. The molecule has 0 aromatic heterocycles. The third-order valence-corrected chi connectivity index (χ3v) is 4.61. The lowest BCUT2D eigenvalue weighted by atomic mass is 9.79. The molecule has 2 heterocycles. The van der Waals surface area contributed by atoms with Gasteiger partial charge in [0.05, 0.1) is 5.41 Å². The van der Waals surface area contributed by atoms with Crippen molar-refractivity contribution in [2.45, 2.75) is 32.1 Å². The molecule has 3 fully saturated rings. The molecule has 1 aliphatic carbocycles. The fourth-order valence-electron chi connectivity index (χ4n) is 3.74. The minimum Gasteiger partial charge on any atom is -0.342 e. The molecule has 0 aromatic carbocycles. The van der Waals surface area contributed by atoms with Gasteiger partial charge in [-0.05, 0) is 38.1 Å². The Kier molecular flexibility index (Phi) is 3.45. The summed E-state index contributed by atoms with van der Waals surface area (Å²) in [7, 11) is 0. The van der Waals surface area contributed by atoms with Crippen molar-refractivity contribution in [1.29, 1.82) is 0 Å². The molecule has 0 bridgehead atoms. The van der Waals surface area contributed by atoms with Crippen LogP contribution in [0.15, 0.2) is 0 Å². The second-order valence-corrected chi connectivity index (χ2v) is 5.38. The molecule has 0 spiro atoms. The summed E-state index contributed by atoms with van der Waals surface area (Å²) >= 11 is 0. The number of likely N-dealkylation sites (tertiary alicyclic amines) is 1. The maximum absolute atomic E-state index is 12.5. The molecule has 1 saturated carbocycles. The number of hydrogen-bond acceptors (Lipinski definition) is 2. The first-order valence-electron chi connectivity index (χ1n) is 6.33. The van der Waals surface area contributed by atoms with Crippen LogP contribution in [-0.4, -0.2) is 37.0 Å². The summed E-state index contributed by atoms with van der Waals surface area (Å²) in [6.45, 7) is 4.02. The second kappa shape index (κ2) is 4.53. The molecule has 0 aromatic rings. The van der Waals surface area contributed by atoms with Crippen LogP contribution in [0, 0.1) is 11.3 Å². The van der Waals surface area contributed by atoms with E-state index in [4.69, 9.17) is 0 Å². The number of hydrogen-bond donors (Lipinski definition) is 1. The van der Waals surface area contributed by atoms with Crippen LogP contribution in [0.4, 0.5) is 0 Å². The Balaban J connectivity index is 0.000000963. The predicted octanol–water partition coefficient (Wildman–Crippen LogP) is 1.42. The van der Waals surface area contributed by atoms with E-state index in [0.29, 0.717) is 11.8 Å². The second-order valence-electron chi connectivity index (χ2n) is 5.38. The van der Waals surface area contributed by atoms with Gasteiger partial charge in [0.1, 0.15) is 0 Å². The van der Waals surface area contributed by atoms with Crippen molar-refractivity contribution in [3.05, 3.63) is 0 Å². The van der Waals surface area contributed by atoms with Gasteiger partial charge in [-0.1, -0.05) is 6.42 Å². The molecule has 3 nitrogen and oxygen atoms in total. The molecule has 0 unspecified atom stereocenters. The first kappa shape index (κ1) is 12.2. The molecule has 0 radical (unpaired) electrons. The van der Waals surface area contributed by atoms with E-state index in [9.17, 15) is 4.79 Å². The van der Waals surface area contributed by atoms with Crippen LogP contribution in [-0.2, 0) is 4.79 Å². The van der Waals surface area contributed by atoms with Gasteiger partial charge < -0.3 is 10.2 Å².